The van der Waals surface area contributed by atoms with Crippen molar-refractivity contribution in [2.45, 2.75) is 0 Å². The largest absolute Gasteiger partial charge is 0.354 e. The molecule has 0 saturated heterocycles. The van der Waals surface area contributed by atoms with Gasteiger partial charge in [0.2, 0.25) is 0 Å². The van der Waals surface area contributed by atoms with Crippen molar-refractivity contribution >= 4 is 103 Å². The topological polar surface area (TPSA) is 82.1 Å². The number of halogens is 1. The van der Waals surface area contributed by atoms with E-state index in [1.807, 2.05) is 103 Å². The van der Waals surface area contributed by atoms with Gasteiger partial charge in [-0.15, -0.1) is 0 Å². The zero-order valence-corrected chi connectivity index (χ0v) is 56.2. The Hall–Kier alpha value is -13.1. The van der Waals surface area contributed by atoms with Crippen molar-refractivity contribution in [1.29, 1.82) is 0 Å². The summed E-state index contributed by atoms with van der Waals surface area (Å²) in [6.07, 6.45) is 4.34. The molecule has 0 atom stereocenters. The van der Waals surface area contributed by atoms with Crippen LogP contribution < -0.4 is 0 Å². The molecule has 0 radical (unpaired) electrons. The smallest absolute Gasteiger partial charge is 0.160 e. The van der Waals surface area contributed by atoms with Crippen molar-refractivity contribution in [2.24, 2.45) is 0 Å². The summed E-state index contributed by atoms with van der Waals surface area (Å²) >= 11 is 3.48. The van der Waals surface area contributed by atoms with Crippen LogP contribution in [0, 0.1) is 0 Å². The summed E-state index contributed by atoms with van der Waals surface area (Å²) in [6, 6.07) is 123. The Kier molecular flexibility index (Phi) is 15.6. The maximum absolute atomic E-state index is 5.08. The molecule has 0 saturated carbocycles. The van der Waals surface area contributed by atoms with Gasteiger partial charge in [-0.25, -0.2) is 19.9 Å². The summed E-state index contributed by atoms with van der Waals surface area (Å²) in [5, 5.41) is 12.7. The van der Waals surface area contributed by atoms with Gasteiger partial charge in [0.15, 0.2) is 11.6 Å². The summed E-state index contributed by atoms with van der Waals surface area (Å²) in [5.74, 6) is 1.43. The molecular weight excluding hydrogens is 1300 g/mol. The number of para-hydroxylation sites is 2. The highest BCUT2D eigenvalue weighted by atomic mass is 79.9. The van der Waals surface area contributed by atoms with Crippen LogP contribution in [-0.4, -0.2) is 38.6 Å². The molecule has 20 aromatic rings. The van der Waals surface area contributed by atoms with Crippen molar-refractivity contribution in [1.82, 2.24) is 38.6 Å². The summed E-state index contributed by atoms with van der Waals surface area (Å²) in [6.45, 7) is 0. The molecule has 6 aromatic heterocycles. The number of benzene rings is 14. The molecule has 9 heteroatoms. The van der Waals surface area contributed by atoms with Crippen LogP contribution in [0.2, 0.25) is 0 Å². The highest BCUT2D eigenvalue weighted by molar-refractivity contribution is 9.10. The van der Waals surface area contributed by atoms with Gasteiger partial charge in [0.25, 0.3) is 0 Å². The molecule has 6 heterocycles. The summed E-state index contributed by atoms with van der Waals surface area (Å²) in [4.78, 5) is 23.4. The predicted octanol–water partition coefficient (Wildman–Crippen LogP) is 24.3. The molecule has 0 aliphatic carbocycles. The number of H-pyrrole nitrogens is 1. The fraction of sp³-hybridized carbons (Fsp3) is 0. The highest BCUT2D eigenvalue weighted by Crippen LogP contribution is 2.42. The number of nitrogens with zero attached hydrogens (tertiary/aromatic N) is 7. The van der Waals surface area contributed by atoms with Crippen LogP contribution in [0.5, 0.6) is 0 Å². The Morgan fingerprint density at radius 2 is 0.663 bits per heavy atom. The summed E-state index contributed by atoms with van der Waals surface area (Å²) in [5.41, 5.74) is 20.5. The van der Waals surface area contributed by atoms with Crippen LogP contribution in [0.25, 0.3) is 172 Å². The van der Waals surface area contributed by atoms with E-state index in [-0.39, 0.29) is 0 Å². The van der Waals surface area contributed by atoms with E-state index >= 15 is 0 Å². The molecule has 0 spiro atoms. The second-order valence-electron chi connectivity index (χ2n) is 25.2. The van der Waals surface area contributed by atoms with E-state index in [9.17, 15) is 0 Å². The molecule has 20 rings (SSSR count). The number of aromatic nitrogens is 8. The van der Waals surface area contributed by atoms with Crippen LogP contribution in [0.4, 0.5) is 0 Å². The number of hydrogen-bond acceptors (Lipinski definition) is 4. The quantitative estimate of drug-likeness (QED) is 0.156. The van der Waals surface area contributed by atoms with Crippen LogP contribution in [-0.2, 0) is 0 Å². The average Bonchev–Trinajstić information content (AvgIpc) is 1.57. The van der Waals surface area contributed by atoms with Gasteiger partial charge in [-0.1, -0.05) is 259 Å². The Morgan fingerprint density at radius 1 is 0.267 bits per heavy atom. The maximum atomic E-state index is 5.08. The Bertz CT molecular complexity index is 6290. The third-order valence-corrected chi connectivity index (χ3v) is 19.6. The number of rotatable bonds is 9. The van der Waals surface area contributed by atoms with Gasteiger partial charge in [-0.05, 0) is 131 Å². The Balaban J connectivity index is 0.000000120. The zero-order chi connectivity index (χ0) is 67.2. The fourth-order valence-corrected chi connectivity index (χ4v) is 14.6. The van der Waals surface area contributed by atoms with Crippen molar-refractivity contribution in [2.75, 3.05) is 0 Å². The van der Waals surface area contributed by atoms with Crippen LogP contribution in [0.15, 0.2) is 369 Å². The molecule has 1 N–H and O–H groups in total. The summed E-state index contributed by atoms with van der Waals surface area (Å²) in [7, 11) is 0. The minimum absolute atomic E-state index is 0.701. The average molecular weight is 1360 g/mol. The molecule has 0 aliphatic heterocycles. The molecule has 0 unspecified atom stereocenters. The lowest BCUT2D eigenvalue weighted by Gasteiger charge is -2.12. The van der Waals surface area contributed by atoms with Gasteiger partial charge in [0.1, 0.15) is 0 Å². The van der Waals surface area contributed by atoms with Crippen molar-refractivity contribution in [3.63, 3.8) is 0 Å². The minimum atomic E-state index is 0.701. The third-order valence-electron chi connectivity index (χ3n) is 19.1. The summed E-state index contributed by atoms with van der Waals surface area (Å²) < 4.78 is 7.99. The molecule has 8 nitrogen and oxygen atoms in total. The van der Waals surface area contributed by atoms with Crippen LogP contribution in [0.3, 0.4) is 0 Å². The number of fused-ring (bicyclic) bond motifs is 14. The molecule has 476 valence electrons. The highest BCUT2D eigenvalue weighted by Gasteiger charge is 2.21. The molecule has 0 bridgehead atoms. The SMILES string of the molecule is Brc1ccc(-c2nc(-c3ccccc3)cc(-c3ccccc3)n2)cc1.c1ccc(-c2cc(-c3ccccc3)nc(-c3ccc(-n4c5ccc6ccccc6c5c5ccc6c(ccn6-c6ccccc6)c54)cc3)n2)cc1.c1ccc(-n2ccc3c4[nH]c5ccc6ccccc6c5c4ccc32)cc1. The monoisotopic (exact) mass is 1360 g/mol. The number of nitrogens with one attached hydrogen (secondary N) is 1. The predicted molar refractivity (Wildman–Crippen MR) is 423 cm³/mol. The number of hydrogen-bond donors (Lipinski definition) is 1. The van der Waals surface area contributed by atoms with E-state index in [1.54, 1.807) is 0 Å². The van der Waals surface area contributed by atoms with Crippen LogP contribution in [0.1, 0.15) is 0 Å². The van der Waals surface area contributed by atoms with E-state index in [1.165, 1.54) is 92.6 Å². The van der Waals surface area contributed by atoms with E-state index in [4.69, 9.17) is 19.9 Å². The molecular formula is C92H61BrN8. The van der Waals surface area contributed by atoms with Crippen molar-refractivity contribution in [3.8, 4) is 84.9 Å². The first-order valence-corrected chi connectivity index (χ1v) is 34.7. The molecule has 0 fully saturated rings. The molecule has 14 aromatic carbocycles. The first-order valence-electron chi connectivity index (χ1n) is 33.9. The third kappa shape index (κ3) is 11.4. The van der Waals surface area contributed by atoms with E-state index in [0.717, 1.165) is 77.8 Å². The Morgan fingerprint density at radius 3 is 1.16 bits per heavy atom. The van der Waals surface area contributed by atoms with Crippen molar-refractivity contribution in [3.05, 3.63) is 369 Å². The Labute approximate surface area is 591 Å². The van der Waals surface area contributed by atoms with Gasteiger partial charge in [-0.3, -0.25) is 0 Å². The first-order chi connectivity index (χ1) is 50.0. The second-order valence-corrected chi connectivity index (χ2v) is 26.1. The van der Waals surface area contributed by atoms with E-state index in [2.05, 4.69) is 296 Å². The zero-order valence-electron chi connectivity index (χ0n) is 54.6. The standard InChI is InChI=1S/C46H30N4.C24H16N2.C22H15BrN2/c1-4-13-32(14-5-1)40-30-41(33-15-6-2-7-16-33)48-46(47-40)34-20-23-36(24-21-34)50-43-26-22-31-12-10-11-19-37(31)44(43)39-25-27-42-38(45(39)50)28-29-49(42)35-17-8-3-9-18-35;1-2-7-17(8-3-1)26-15-14-19-22(26)13-11-20-23-18-9-5-4-6-16(18)10-12-21(23)25-24(19)20;23-19-13-11-18(12-14-19)22-24-20(16-7-3-1-4-8-16)15-21(25-22)17-9-5-2-6-10-17/h1-30H;1-15,25H;1-15H. The van der Waals surface area contributed by atoms with Gasteiger partial charge in [0, 0.05) is 105 Å². The first kappa shape index (κ1) is 60.3. The maximum Gasteiger partial charge on any atom is 0.160 e. The lowest BCUT2D eigenvalue weighted by Crippen LogP contribution is -1.97. The molecule has 0 aliphatic rings. The second kappa shape index (κ2) is 26.1. The lowest BCUT2D eigenvalue weighted by atomic mass is 10.0. The van der Waals surface area contributed by atoms with Crippen molar-refractivity contribution < 1.29 is 0 Å². The molecule has 0 amide bonds. The number of aromatic amines is 1. The lowest BCUT2D eigenvalue weighted by molar-refractivity contribution is 1.13. The molecule has 101 heavy (non-hydrogen) atoms. The van der Waals surface area contributed by atoms with Crippen LogP contribution >= 0.6 is 15.9 Å². The normalized spacial score (nSPS) is 11.4. The van der Waals surface area contributed by atoms with E-state index < -0.39 is 0 Å². The van der Waals surface area contributed by atoms with Gasteiger partial charge < -0.3 is 18.7 Å². The fourth-order valence-electron chi connectivity index (χ4n) is 14.3. The van der Waals surface area contributed by atoms with Gasteiger partial charge >= 0.3 is 0 Å². The van der Waals surface area contributed by atoms with Gasteiger partial charge in [-0.2, -0.15) is 0 Å². The van der Waals surface area contributed by atoms with Gasteiger partial charge in [0.05, 0.1) is 50.4 Å². The van der Waals surface area contributed by atoms with E-state index in [0.29, 0.717) is 5.82 Å². The minimum Gasteiger partial charge on any atom is -0.354 e.